The van der Waals surface area contributed by atoms with Crippen molar-refractivity contribution >= 4 is 35.2 Å². The molecule has 10 heteroatoms. The summed E-state index contributed by atoms with van der Waals surface area (Å²) in [6.45, 7) is 5.54. The van der Waals surface area contributed by atoms with Gasteiger partial charge in [-0.25, -0.2) is 4.98 Å². The minimum Gasteiger partial charge on any atom is -0.491 e. The third-order valence-electron chi connectivity index (χ3n) is 6.32. The molecule has 0 aliphatic carbocycles. The lowest BCUT2D eigenvalue weighted by Crippen LogP contribution is -2.12. The number of ether oxygens (including phenoxy) is 3. The van der Waals surface area contributed by atoms with E-state index in [1.54, 1.807) is 6.20 Å². The molecule has 0 saturated carbocycles. The molecule has 2 aromatic carbocycles. The normalized spacial score (nSPS) is 11.9. The van der Waals surface area contributed by atoms with Gasteiger partial charge in [0.2, 0.25) is 0 Å². The molecule has 202 valence electrons. The van der Waals surface area contributed by atoms with Gasteiger partial charge in [-0.15, -0.1) is 0 Å². The zero-order chi connectivity index (χ0) is 27.1. The van der Waals surface area contributed by atoms with Crippen molar-refractivity contribution in [3.8, 4) is 5.75 Å². The summed E-state index contributed by atoms with van der Waals surface area (Å²) in [5.74, 6) is 1.23. The van der Waals surface area contributed by atoms with Gasteiger partial charge >= 0.3 is 7.60 Å². The molecule has 0 bridgehead atoms. The summed E-state index contributed by atoms with van der Waals surface area (Å²) in [6, 6.07) is 14.4. The largest absolute Gasteiger partial charge is 0.491 e. The van der Waals surface area contributed by atoms with Crippen LogP contribution in [-0.2, 0) is 26.9 Å². The predicted molar refractivity (Wildman–Crippen MR) is 149 cm³/mol. The van der Waals surface area contributed by atoms with Crippen LogP contribution >= 0.6 is 7.60 Å². The summed E-state index contributed by atoms with van der Waals surface area (Å²) in [7, 11) is -4.01. The Bertz CT molecular complexity index is 1460. The first-order chi connectivity index (χ1) is 18.2. The molecule has 0 atom stereocenters. The minimum absolute atomic E-state index is 0.00863. The van der Waals surface area contributed by atoms with Crippen molar-refractivity contribution < 1.29 is 28.6 Å². The Morgan fingerprint density at radius 3 is 2.39 bits per heavy atom. The maximum atomic E-state index is 10.8. The highest BCUT2D eigenvalue weighted by Gasteiger charge is 2.13. The first-order valence-electron chi connectivity index (χ1n) is 12.6. The smallest absolute Gasteiger partial charge is 0.327 e. The number of benzene rings is 2. The summed E-state index contributed by atoms with van der Waals surface area (Å²) in [6.07, 6.45) is 3.23. The Kier molecular flexibility index (Phi) is 9.31. The molecule has 2 heterocycles. The van der Waals surface area contributed by atoms with Crippen LogP contribution < -0.4 is 10.5 Å². The van der Waals surface area contributed by atoms with Gasteiger partial charge < -0.3 is 29.7 Å². The molecule has 0 radical (unpaired) electrons. The van der Waals surface area contributed by atoms with Gasteiger partial charge in [0, 0.05) is 17.0 Å². The van der Waals surface area contributed by atoms with E-state index >= 15 is 0 Å². The minimum atomic E-state index is -4.01. The van der Waals surface area contributed by atoms with Crippen LogP contribution in [0, 0.1) is 13.8 Å². The number of aryl methyl sites for hydroxylation is 4. The first kappa shape index (κ1) is 28.0. The highest BCUT2D eigenvalue weighted by molar-refractivity contribution is 7.51. The Hall–Kier alpha value is -3.07. The van der Waals surface area contributed by atoms with Crippen molar-refractivity contribution in [2.24, 2.45) is 0 Å². The number of anilines is 1. The lowest BCUT2D eigenvalue weighted by molar-refractivity contribution is 0.0402. The zero-order valence-corrected chi connectivity index (χ0v) is 22.6. The monoisotopic (exact) mass is 539 g/mol. The fourth-order valence-corrected chi connectivity index (χ4v) is 4.73. The van der Waals surface area contributed by atoms with Crippen molar-refractivity contribution in [3.05, 3.63) is 70.9 Å². The van der Waals surface area contributed by atoms with Crippen molar-refractivity contribution in [1.82, 2.24) is 9.97 Å². The van der Waals surface area contributed by atoms with Crippen molar-refractivity contribution in [2.45, 2.75) is 26.7 Å². The van der Waals surface area contributed by atoms with Crippen LogP contribution in [0.4, 0.5) is 5.82 Å². The van der Waals surface area contributed by atoms with Gasteiger partial charge in [0.25, 0.3) is 0 Å². The van der Waals surface area contributed by atoms with Gasteiger partial charge in [0.1, 0.15) is 17.9 Å². The Balaban J connectivity index is 1.30. The zero-order valence-electron chi connectivity index (χ0n) is 21.7. The molecule has 38 heavy (non-hydrogen) atoms. The second-order valence-corrected chi connectivity index (χ2v) is 11.0. The molecule has 0 aliphatic rings. The molecule has 9 nitrogen and oxygen atoms in total. The third kappa shape index (κ3) is 7.49. The van der Waals surface area contributed by atoms with Gasteiger partial charge in [-0.1, -0.05) is 18.2 Å². The van der Waals surface area contributed by atoms with Gasteiger partial charge in [-0.2, -0.15) is 0 Å². The summed E-state index contributed by atoms with van der Waals surface area (Å²) < 4.78 is 27.2. The van der Waals surface area contributed by atoms with Crippen molar-refractivity contribution in [1.29, 1.82) is 0 Å². The molecule has 0 aliphatic heterocycles. The van der Waals surface area contributed by atoms with Crippen LogP contribution in [0.1, 0.15) is 22.3 Å². The average Bonchev–Trinajstić information content (AvgIpc) is 2.86. The summed E-state index contributed by atoms with van der Waals surface area (Å²) in [5.41, 5.74) is 12.6. The number of pyridine rings is 2. The SMILES string of the molecule is Cc1ccc2c(c1)nc(N)c1nccc(CCc3ccc(OCCOCCOCCP(=O)(O)O)cc3C)c12. The second kappa shape index (κ2) is 12.7. The number of rotatable bonds is 13. The molecular weight excluding hydrogens is 505 g/mol. The van der Waals surface area contributed by atoms with Crippen molar-refractivity contribution in [3.63, 3.8) is 0 Å². The van der Waals surface area contributed by atoms with Gasteiger partial charge in [0.15, 0.2) is 5.82 Å². The van der Waals surface area contributed by atoms with E-state index in [0.29, 0.717) is 25.6 Å². The molecule has 0 amide bonds. The number of nitrogens with two attached hydrogens (primary N) is 1. The van der Waals surface area contributed by atoms with E-state index in [9.17, 15) is 4.57 Å². The third-order valence-corrected chi connectivity index (χ3v) is 7.08. The van der Waals surface area contributed by atoms with E-state index in [1.807, 2.05) is 19.1 Å². The molecular formula is C28H34N3O6P. The van der Waals surface area contributed by atoms with Crippen molar-refractivity contribution in [2.75, 3.05) is 44.9 Å². The molecule has 0 saturated heterocycles. The maximum Gasteiger partial charge on any atom is 0.327 e. The summed E-state index contributed by atoms with van der Waals surface area (Å²) in [4.78, 5) is 26.6. The fraction of sp³-hybridized carbons (Fsp3) is 0.357. The van der Waals surface area contributed by atoms with E-state index < -0.39 is 7.60 Å². The molecule has 4 N–H and O–H groups in total. The quantitative estimate of drug-likeness (QED) is 0.129. The second-order valence-electron chi connectivity index (χ2n) is 9.26. The fourth-order valence-electron chi connectivity index (χ4n) is 4.36. The van der Waals surface area contributed by atoms with Crippen LogP contribution in [-0.4, -0.2) is 59.0 Å². The highest BCUT2D eigenvalue weighted by atomic mass is 31.2. The topological polar surface area (TPSA) is 137 Å². The standard InChI is InChI=1S/C28H34N3O6P/c1-19-3-8-24-25(17-19)31-28(29)27-26(24)22(9-10-30-27)5-4-21-6-7-23(18-20(21)2)37-14-13-35-11-12-36-15-16-38(32,33)34/h3,6-10,17-18H,4-5,11-16H2,1-2H3,(H2,29,31)(H2,32,33,34). The van der Waals surface area contributed by atoms with E-state index in [-0.39, 0.29) is 19.4 Å². The average molecular weight is 540 g/mol. The highest BCUT2D eigenvalue weighted by Crippen LogP contribution is 2.33. The number of hydrogen-bond donors (Lipinski definition) is 3. The number of aromatic nitrogens is 2. The molecule has 0 fully saturated rings. The van der Waals surface area contributed by atoms with E-state index in [1.165, 1.54) is 11.1 Å². The van der Waals surface area contributed by atoms with Gasteiger partial charge in [-0.05, 0) is 73.2 Å². The van der Waals surface area contributed by atoms with Crippen LogP contribution in [0.25, 0.3) is 21.8 Å². The van der Waals surface area contributed by atoms with Gasteiger partial charge in [-0.3, -0.25) is 9.55 Å². The maximum absolute atomic E-state index is 10.8. The summed E-state index contributed by atoms with van der Waals surface area (Å²) in [5, 5.41) is 2.14. The summed E-state index contributed by atoms with van der Waals surface area (Å²) >= 11 is 0. The lowest BCUT2D eigenvalue weighted by Gasteiger charge is -2.13. The number of fused-ring (bicyclic) bond motifs is 3. The van der Waals surface area contributed by atoms with Gasteiger partial charge in [0.05, 0.1) is 38.1 Å². The van der Waals surface area contributed by atoms with E-state index in [4.69, 9.17) is 29.7 Å². The number of nitrogen functional groups attached to an aromatic ring is 1. The Morgan fingerprint density at radius 2 is 1.63 bits per heavy atom. The predicted octanol–water partition coefficient (Wildman–Crippen LogP) is 4.36. The van der Waals surface area contributed by atoms with E-state index in [2.05, 4.69) is 47.2 Å². The van der Waals surface area contributed by atoms with E-state index in [0.717, 1.165) is 51.5 Å². The Labute approximate surface area is 222 Å². The Morgan fingerprint density at radius 1 is 0.895 bits per heavy atom. The molecule has 4 aromatic rings. The van der Waals surface area contributed by atoms with Crippen LogP contribution in [0.5, 0.6) is 5.75 Å². The molecule has 0 spiro atoms. The molecule has 4 rings (SSSR count). The van der Waals surface area contributed by atoms with Crippen LogP contribution in [0.2, 0.25) is 0 Å². The molecule has 2 aromatic heterocycles. The number of hydrogen-bond acceptors (Lipinski definition) is 7. The molecule has 0 unspecified atom stereocenters. The number of nitrogens with zero attached hydrogens (tertiary/aromatic N) is 2. The first-order valence-corrected chi connectivity index (χ1v) is 14.4. The lowest BCUT2D eigenvalue weighted by atomic mass is 9.96. The van der Waals surface area contributed by atoms with Crippen LogP contribution in [0.3, 0.4) is 0 Å². The van der Waals surface area contributed by atoms with Crippen LogP contribution in [0.15, 0.2) is 48.7 Å².